The second-order valence-corrected chi connectivity index (χ2v) is 6.75. The Morgan fingerprint density at radius 3 is 2.63 bits per heavy atom. The first kappa shape index (κ1) is 18.9. The zero-order chi connectivity index (χ0) is 19.6. The Kier molecular flexibility index (Phi) is 5.48. The summed E-state index contributed by atoms with van der Waals surface area (Å²) in [6.07, 6.45) is 0. The maximum Gasteiger partial charge on any atom is 0.290 e. The van der Waals surface area contributed by atoms with Gasteiger partial charge in [-0.25, -0.2) is 0 Å². The van der Waals surface area contributed by atoms with Gasteiger partial charge in [0.25, 0.3) is 5.91 Å². The maximum atomic E-state index is 13.0. The van der Waals surface area contributed by atoms with Gasteiger partial charge in [0, 0.05) is 12.1 Å². The van der Waals surface area contributed by atoms with E-state index >= 15 is 0 Å². The van der Waals surface area contributed by atoms with Gasteiger partial charge in [-0.15, -0.1) is 11.3 Å². The van der Waals surface area contributed by atoms with Gasteiger partial charge in [0.05, 0.1) is 37.3 Å². The molecule has 2 N–H and O–H groups in total. The van der Waals surface area contributed by atoms with Crippen LogP contribution in [0.4, 0.5) is 0 Å². The van der Waals surface area contributed by atoms with E-state index in [1.54, 1.807) is 35.7 Å². The Hall–Kier alpha value is -2.84. The number of hydrogen-bond acceptors (Lipinski definition) is 7. The van der Waals surface area contributed by atoms with Crippen molar-refractivity contribution < 1.29 is 29.3 Å². The van der Waals surface area contributed by atoms with Crippen LogP contribution in [0.5, 0.6) is 11.5 Å². The largest absolute Gasteiger partial charge is 0.503 e. The summed E-state index contributed by atoms with van der Waals surface area (Å²) in [6.45, 7) is -0.364. The number of carbonyl (C=O) groups excluding carboxylic acids is 2. The number of methoxy groups -OCH3 is 2. The molecule has 8 heteroatoms. The fraction of sp³-hybridized carbons (Fsp3) is 0.263. The Morgan fingerprint density at radius 1 is 1.26 bits per heavy atom. The molecule has 1 amide bonds. The molecule has 0 saturated heterocycles. The van der Waals surface area contributed by atoms with E-state index < -0.39 is 23.5 Å². The molecule has 7 nitrogen and oxygen atoms in total. The lowest BCUT2D eigenvalue weighted by Crippen LogP contribution is -2.33. The van der Waals surface area contributed by atoms with Crippen LogP contribution < -0.4 is 9.47 Å². The van der Waals surface area contributed by atoms with E-state index in [1.165, 1.54) is 30.5 Å². The van der Waals surface area contributed by atoms with Crippen molar-refractivity contribution in [1.29, 1.82) is 0 Å². The molecule has 0 radical (unpaired) electrons. The van der Waals surface area contributed by atoms with Gasteiger partial charge in [0.1, 0.15) is 11.5 Å². The lowest BCUT2D eigenvalue weighted by Gasteiger charge is -2.27. The van der Waals surface area contributed by atoms with E-state index in [1.807, 2.05) is 0 Å². The van der Waals surface area contributed by atoms with Gasteiger partial charge in [0.2, 0.25) is 5.78 Å². The van der Waals surface area contributed by atoms with Crippen LogP contribution in [0.3, 0.4) is 0 Å². The van der Waals surface area contributed by atoms with Crippen molar-refractivity contribution in [3.63, 3.8) is 0 Å². The van der Waals surface area contributed by atoms with Crippen LogP contribution >= 0.6 is 11.3 Å². The number of benzene rings is 1. The van der Waals surface area contributed by atoms with Crippen LogP contribution in [-0.4, -0.2) is 54.2 Å². The lowest BCUT2D eigenvalue weighted by atomic mass is 9.94. The number of hydrogen-bond donors (Lipinski definition) is 2. The topological polar surface area (TPSA) is 96.3 Å². The fourth-order valence-corrected chi connectivity index (χ4v) is 3.82. The molecule has 2 heterocycles. The monoisotopic (exact) mass is 389 g/mol. The van der Waals surface area contributed by atoms with Crippen LogP contribution in [-0.2, 0) is 4.79 Å². The first-order valence-corrected chi connectivity index (χ1v) is 9.06. The molecular weight excluding hydrogens is 370 g/mol. The molecule has 3 rings (SSSR count). The molecule has 1 aliphatic heterocycles. The van der Waals surface area contributed by atoms with Crippen LogP contribution in [0, 0.1) is 0 Å². The minimum Gasteiger partial charge on any atom is -0.503 e. The lowest BCUT2D eigenvalue weighted by molar-refractivity contribution is -0.129. The average Bonchev–Trinajstić information content (AvgIpc) is 3.30. The number of ether oxygens (including phenoxy) is 2. The molecule has 27 heavy (non-hydrogen) atoms. The van der Waals surface area contributed by atoms with Crippen molar-refractivity contribution in [2.24, 2.45) is 0 Å². The van der Waals surface area contributed by atoms with E-state index in [2.05, 4.69) is 0 Å². The minimum atomic E-state index is -0.899. The molecule has 142 valence electrons. The predicted octanol–water partition coefficient (Wildman–Crippen LogP) is 2.34. The number of β-amino-alcohol motifs (C(OH)–C–C–N with tert-alkyl or cyclic N) is 1. The highest BCUT2D eigenvalue weighted by atomic mass is 32.1. The zero-order valence-corrected chi connectivity index (χ0v) is 15.7. The van der Waals surface area contributed by atoms with E-state index in [0.717, 1.165) is 0 Å². The minimum absolute atomic E-state index is 0.0394. The van der Waals surface area contributed by atoms with Gasteiger partial charge in [-0.3, -0.25) is 9.59 Å². The standard InChI is InChI=1S/C19H19NO6S/c1-25-11-5-6-13(26-2)12(10-11)16-15(17(22)14-4-3-9-27-14)18(23)19(24)20(16)7-8-21/h3-6,9-10,16,21,23H,7-8H2,1-2H3. The molecule has 1 aromatic heterocycles. The van der Waals surface area contributed by atoms with Crippen LogP contribution in [0.15, 0.2) is 47.0 Å². The predicted molar refractivity (Wildman–Crippen MR) is 99.4 cm³/mol. The third kappa shape index (κ3) is 3.29. The summed E-state index contributed by atoms with van der Waals surface area (Å²) in [5.74, 6) is -0.819. The summed E-state index contributed by atoms with van der Waals surface area (Å²) >= 11 is 1.22. The van der Waals surface area contributed by atoms with E-state index in [4.69, 9.17) is 9.47 Å². The number of rotatable bonds is 7. The number of carbonyl (C=O) groups is 2. The van der Waals surface area contributed by atoms with Crippen molar-refractivity contribution in [3.8, 4) is 11.5 Å². The molecule has 1 aromatic carbocycles. The Morgan fingerprint density at radius 2 is 2.04 bits per heavy atom. The van der Waals surface area contributed by atoms with Crippen LogP contribution in [0.2, 0.25) is 0 Å². The summed E-state index contributed by atoms with van der Waals surface area (Å²) in [6, 6.07) is 7.47. The quantitative estimate of drug-likeness (QED) is 0.706. The van der Waals surface area contributed by atoms with Gasteiger partial charge in [-0.05, 0) is 29.6 Å². The van der Waals surface area contributed by atoms with Gasteiger partial charge in [-0.2, -0.15) is 0 Å². The molecule has 2 aromatic rings. The molecule has 1 atom stereocenters. The average molecular weight is 389 g/mol. The number of nitrogens with zero attached hydrogens (tertiary/aromatic N) is 1. The van der Waals surface area contributed by atoms with Gasteiger partial charge < -0.3 is 24.6 Å². The van der Waals surface area contributed by atoms with Crippen molar-refractivity contribution >= 4 is 23.0 Å². The second-order valence-electron chi connectivity index (χ2n) is 5.80. The van der Waals surface area contributed by atoms with Gasteiger partial charge >= 0.3 is 0 Å². The van der Waals surface area contributed by atoms with Crippen molar-refractivity contribution in [1.82, 2.24) is 4.90 Å². The van der Waals surface area contributed by atoms with Crippen molar-refractivity contribution in [3.05, 3.63) is 57.5 Å². The second kappa shape index (κ2) is 7.81. The summed E-state index contributed by atoms with van der Waals surface area (Å²) in [7, 11) is 2.98. The molecular formula is C19H19NO6S. The number of aliphatic hydroxyl groups is 2. The highest BCUT2D eigenvalue weighted by Gasteiger charge is 2.44. The first-order valence-electron chi connectivity index (χ1n) is 8.18. The molecule has 1 aliphatic rings. The third-order valence-corrected chi connectivity index (χ3v) is 5.23. The number of amides is 1. The summed E-state index contributed by atoms with van der Waals surface area (Å²) in [5, 5.41) is 21.6. The number of aliphatic hydroxyl groups excluding tert-OH is 2. The van der Waals surface area contributed by atoms with Gasteiger partial charge in [0.15, 0.2) is 5.76 Å². The van der Waals surface area contributed by atoms with E-state index in [9.17, 15) is 19.8 Å². The summed E-state index contributed by atoms with van der Waals surface area (Å²) in [5.41, 5.74) is 0.449. The Balaban J connectivity index is 2.19. The zero-order valence-electron chi connectivity index (χ0n) is 14.8. The van der Waals surface area contributed by atoms with Gasteiger partial charge in [-0.1, -0.05) is 6.07 Å². The Labute approximate surface area is 160 Å². The third-order valence-electron chi connectivity index (χ3n) is 4.37. The SMILES string of the molecule is COc1ccc(OC)c(C2C(C(=O)c3cccs3)=C(O)C(=O)N2CCO)c1. The number of ketones is 1. The normalized spacial score (nSPS) is 16.8. The van der Waals surface area contributed by atoms with E-state index in [-0.39, 0.29) is 18.7 Å². The first-order chi connectivity index (χ1) is 13.0. The molecule has 0 bridgehead atoms. The van der Waals surface area contributed by atoms with Crippen molar-refractivity contribution in [2.75, 3.05) is 27.4 Å². The highest BCUT2D eigenvalue weighted by Crippen LogP contribution is 2.43. The molecule has 0 fully saturated rings. The van der Waals surface area contributed by atoms with Crippen LogP contribution in [0.25, 0.3) is 0 Å². The number of Topliss-reactive ketones (excluding diaryl/α,β-unsaturated/α-hetero) is 1. The molecule has 0 spiro atoms. The summed E-state index contributed by atoms with van der Waals surface area (Å²) < 4.78 is 10.7. The Bertz CT molecular complexity index is 890. The highest BCUT2D eigenvalue weighted by molar-refractivity contribution is 7.12. The molecule has 1 unspecified atom stereocenters. The fourth-order valence-electron chi connectivity index (χ4n) is 3.14. The van der Waals surface area contributed by atoms with Crippen LogP contribution in [0.1, 0.15) is 21.3 Å². The smallest absolute Gasteiger partial charge is 0.290 e. The maximum absolute atomic E-state index is 13.0. The molecule has 0 aliphatic carbocycles. The molecule has 0 saturated carbocycles. The van der Waals surface area contributed by atoms with Crippen molar-refractivity contribution in [2.45, 2.75) is 6.04 Å². The number of thiophene rings is 1. The summed E-state index contributed by atoms with van der Waals surface area (Å²) in [4.78, 5) is 27.3. The van der Waals surface area contributed by atoms with E-state index in [0.29, 0.717) is 21.9 Å².